The Balaban J connectivity index is 0.790. The molecule has 0 spiro atoms. The van der Waals surface area contributed by atoms with Gasteiger partial charge in [0.1, 0.15) is 34.5 Å². The molecule has 8 aromatic carbocycles. The SMILES string of the molecule is CC(C)(C)c1ccc(OC(=O)c2cccc(C(=O)Oc3ccc4ccc(OCCCCOc5ccc6ccc(OC(=O)c7cccc(C(=O)Oc8ccc(C(C)(C)C)cc8)c7)cc6c5)cc4c3)c2)cc1. The van der Waals surface area contributed by atoms with E-state index in [9.17, 15) is 19.2 Å². The molecule has 0 N–H and O–H groups in total. The van der Waals surface area contributed by atoms with Gasteiger partial charge in [-0.1, -0.05) is 102 Å². The van der Waals surface area contributed by atoms with Gasteiger partial charge in [-0.2, -0.15) is 0 Å². The van der Waals surface area contributed by atoms with Crippen molar-refractivity contribution in [1.82, 2.24) is 0 Å². The number of esters is 4. The van der Waals surface area contributed by atoms with Gasteiger partial charge in [-0.3, -0.25) is 0 Å². The molecule has 0 saturated carbocycles. The fourth-order valence-electron chi connectivity index (χ4n) is 7.55. The van der Waals surface area contributed by atoms with Gasteiger partial charge < -0.3 is 28.4 Å². The third-order valence-electron chi connectivity index (χ3n) is 11.6. The maximum absolute atomic E-state index is 13.2. The van der Waals surface area contributed by atoms with Crippen LogP contribution in [0.4, 0.5) is 0 Å². The monoisotopic (exact) mass is 934 g/mol. The van der Waals surface area contributed by atoms with Crippen LogP contribution in [0.5, 0.6) is 34.5 Å². The highest BCUT2D eigenvalue weighted by Gasteiger charge is 2.19. The Bertz CT molecular complexity index is 2980. The standard InChI is InChI=1S/C60H54O10/c1-59(2,3)47-19-27-49(28-20-47)67-55(61)41-11-9-13-43(33-41)57(63)69-53-25-17-39-15-23-51(35-45(39)37-53)65-31-7-8-32-66-52-24-16-40-18-26-54(38-46(40)36-52)70-58(64)44-14-10-12-42(34-44)56(62)68-50-29-21-48(22-30-50)60(4,5)6/h9-30,33-38H,7-8,31-32H2,1-6H3. The molecule has 8 aromatic rings. The Hall–Kier alpha value is -8.24. The second-order valence-corrected chi connectivity index (χ2v) is 19.0. The summed E-state index contributed by atoms with van der Waals surface area (Å²) < 4.78 is 34.7. The second kappa shape index (κ2) is 21.0. The Labute approximate surface area is 407 Å². The second-order valence-electron chi connectivity index (χ2n) is 19.0. The van der Waals surface area contributed by atoms with E-state index in [1.807, 2.05) is 72.8 Å². The molecular formula is C60H54O10. The van der Waals surface area contributed by atoms with Crippen LogP contribution in [0.25, 0.3) is 21.5 Å². The van der Waals surface area contributed by atoms with Crippen molar-refractivity contribution in [3.63, 3.8) is 0 Å². The van der Waals surface area contributed by atoms with Gasteiger partial charge in [-0.25, -0.2) is 19.2 Å². The lowest BCUT2D eigenvalue weighted by Crippen LogP contribution is -2.13. The zero-order valence-electron chi connectivity index (χ0n) is 40.1. The van der Waals surface area contributed by atoms with Crippen molar-refractivity contribution in [1.29, 1.82) is 0 Å². The van der Waals surface area contributed by atoms with Crippen molar-refractivity contribution in [2.45, 2.75) is 65.2 Å². The van der Waals surface area contributed by atoms with Crippen LogP contribution in [-0.2, 0) is 10.8 Å². The number of hydrogen-bond acceptors (Lipinski definition) is 10. The molecule has 0 saturated heterocycles. The van der Waals surface area contributed by atoms with E-state index in [2.05, 4.69) is 41.5 Å². The van der Waals surface area contributed by atoms with E-state index >= 15 is 0 Å². The minimum absolute atomic E-state index is 0.0288. The highest BCUT2D eigenvalue weighted by molar-refractivity contribution is 5.98. The van der Waals surface area contributed by atoms with E-state index < -0.39 is 23.9 Å². The molecule has 0 radical (unpaired) electrons. The number of ether oxygens (including phenoxy) is 6. The first-order valence-electron chi connectivity index (χ1n) is 23.2. The van der Waals surface area contributed by atoms with Crippen LogP contribution in [0, 0.1) is 0 Å². The Morgan fingerprint density at radius 1 is 0.329 bits per heavy atom. The molecular weight excluding hydrogens is 881 g/mol. The molecule has 354 valence electrons. The first-order chi connectivity index (χ1) is 33.5. The first kappa shape index (κ1) is 48.2. The summed E-state index contributed by atoms with van der Waals surface area (Å²) in [5, 5.41) is 3.56. The maximum atomic E-state index is 13.2. The molecule has 0 fully saturated rings. The van der Waals surface area contributed by atoms with E-state index in [0.29, 0.717) is 47.7 Å². The fourth-order valence-corrected chi connectivity index (χ4v) is 7.55. The van der Waals surface area contributed by atoms with Crippen LogP contribution in [-0.4, -0.2) is 37.1 Å². The fraction of sp³-hybridized carbons (Fsp3) is 0.200. The van der Waals surface area contributed by atoms with Crippen molar-refractivity contribution in [3.8, 4) is 34.5 Å². The minimum atomic E-state index is -0.605. The molecule has 10 heteroatoms. The summed E-state index contributed by atoms with van der Waals surface area (Å²) in [4.78, 5) is 52.3. The summed E-state index contributed by atoms with van der Waals surface area (Å²) in [5.41, 5.74) is 3.07. The van der Waals surface area contributed by atoms with Crippen molar-refractivity contribution in [3.05, 3.63) is 203 Å². The van der Waals surface area contributed by atoms with Crippen LogP contribution in [0.2, 0.25) is 0 Å². The number of fused-ring (bicyclic) bond motifs is 2. The lowest BCUT2D eigenvalue weighted by atomic mass is 9.87. The number of hydrogen-bond donors (Lipinski definition) is 0. The quantitative estimate of drug-likeness (QED) is 0.0557. The molecule has 10 nitrogen and oxygen atoms in total. The predicted molar refractivity (Wildman–Crippen MR) is 271 cm³/mol. The van der Waals surface area contributed by atoms with E-state index in [4.69, 9.17) is 28.4 Å². The first-order valence-corrected chi connectivity index (χ1v) is 23.2. The number of benzene rings is 8. The molecule has 0 aliphatic rings. The molecule has 0 aromatic heterocycles. The van der Waals surface area contributed by atoms with E-state index in [-0.39, 0.29) is 33.1 Å². The van der Waals surface area contributed by atoms with Gasteiger partial charge in [0.05, 0.1) is 35.5 Å². The maximum Gasteiger partial charge on any atom is 0.343 e. The average Bonchev–Trinajstić information content (AvgIpc) is 3.34. The molecule has 0 bridgehead atoms. The summed E-state index contributed by atoms with van der Waals surface area (Å²) >= 11 is 0. The van der Waals surface area contributed by atoms with Gasteiger partial charge in [0, 0.05) is 0 Å². The lowest BCUT2D eigenvalue weighted by Gasteiger charge is -2.19. The summed E-state index contributed by atoms with van der Waals surface area (Å²) in [6.07, 6.45) is 1.48. The third kappa shape index (κ3) is 12.4. The molecule has 0 heterocycles. The van der Waals surface area contributed by atoms with Crippen LogP contribution in [0.3, 0.4) is 0 Å². The van der Waals surface area contributed by atoms with Gasteiger partial charge in [-0.05, 0) is 166 Å². The topological polar surface area (TPSA) is 124 Å². The van der Waals surface area contributed by atoms with Gasteiger partial charge in [0.25, 0.3) is 0 Å². The number of rotatable bonds is 15. The normalized spacial score (nSPS) is 11.5. The largest absolute Gasteiger partial charge is 0.494 e. The lowest BCUT2D eigenvalue weighted by molar-refractivity contribution is 0.0716. The Morgan fingerprint density at radius 2 is 0.614 bits per heavy atom. The molecule has 8 rings (SSSR count). The van der Waals surface area contributed by atoms with Gasteiger partial charge in [0.2, 0.25) is 0 Å². The van der Waals surface area contributed by atoms with E-state index in [1.54, 1.807) is 84.9 Å². The van der Waals surface area contributed by atoms with Crippen LogP contribution in [0.15, 0.2) is 170 Å². The molecule has 0 amide bonds. The zero-order chi connectivity index (χ0) is 49.4. The summed E-state index contributed by atoms with van der Waals surface area (Å²) in [7, 11) is 0. The minimum Gasteiger partial charge on any atom is -0.494 e. The summed E-state index contributed by atoms with van der Waals surface area (Å²) in [5.74, 6) is 0.528. The highest BCUT2D eigenvalue weighted by atomic mass is 16.5. The third-order valence-corrected chi connectivity index (χ3v) is 11.6. The molecule has 0 atom stereocenters. The van der Waals surface area contributed by atoms with Crippen molar-refractivity contribution >= 4 is 45.4 Å². The molecule has 0 unspecified atom stereocenters. The molecule has 0 aliphatic heterocycles. The van der Waals surface area contributed by atoms with Gasteiger partial charge >= 0.3 is 23.9 Å². The van der Waals surface area contributed by atoms with Crippen molar-refractivity contribution < 1.29 is 47.6 Å². The summed E-state index contributed by atoms with van der Waals surface area (Å²) in [6.45, 7) is 13.6. The van der Waals surface area contributed by atoms with Crippen LogP contribution in [0.1, 0.15) is 107 Å². The smallest absolute Gasteiger partial charge is 0.343 e. The highest BCUT2D eigenvalue weighted by Crippen LogP contribution is 2.30. The molecule has 0 aliphatic carbocycles. The van der Waals surface area contributed by atoms with Crippen molar-refractivity contribution in [2.24, 2.45) is 0 Å². The number of carbonyl (C=O) groups is 4. The van der Waals surface area contributed by atoms with Crippen LogP contribution < -0.4 is 28.4 Å². The van der Waals surface area contributed by atoms with E-state index in [1.165, 1.54) is 12.1 Å². The Kier molecular flexibility index (Phi) is 14.4. The average molecular weight is 935 g/mol. The summed E-state index contributed by atoms with van der Waals surface area (Å²) in [6, 6.07) is 49.5. The Morgan fingerprint density at radius 3 is 0.943 bits per heavy atom. The van der Waals surface area contributed by atoms with Gasteiger partial charge in [-0.15, -0.1) is 0 Å². The number of carbonyl (C=O) groups excluding carboxylic acids is 4. The van der Waals surface area contributed by atoms with Gasteiger partial charge in [0.15, 0.2) is 0 Å². The van der Waals surface area contributed by atoms with E-state index in [0.717, 1.165) is 45.5 Å². The van der Waals surface area contributed by atoms with Crippen LogP contribution >= 0.6 is 0 Å². The van der Waals surface area contributed by atoms with Crippen molar-refractivity contribution in [2.75, 3.05) is 13.2 Å². The predicted octanol–water partition coefficient (Wildman–Crippen LogP) is 13.7. The zero-order valence-corrected chi connectivity index (χ0v) is 40.1. The molecule has 70 heavy (non-hydrogen) atoms. The number of unbranched alkanes of at least 4 members (excludes halogenated alkanes) is 1.